The number of nitrogens with one attached hydrogen (secondary N) is 1. The van der Waals surface area contributed by atoms with Crippen molar-refractivity contribution in [3.8, 4) is 16.5 Å². The summed E-state index contributed by atoms with van der Waals surface area (Å²) >= 11 is 1.21. The predicted molar refractivity (Wildman–Crippen MR) is 153 cm³/mol. The van der Waals surface area contributed by atoms with Crippen LogP contribution in [-0.4, -0.2) is 51.5 Å². The molecule has 216 valence electrons. The molecule has 3 aromatic heterocycles. The Morgan fingerprint density at radius 2 is 2.02 bits per heavy atom. The monoisotopic (exact) mass is 580 g/mol. The number of para-hydroxylation sites is 1. The Bertz CT molecular complexity index is 1740. The molecule has 1 aliphatic heterocycles. The fourth-order valence-corrected chi connectivity index (χ4v) is 7.19. The molecule has 1 aromatic carbocycles. The molecule has 1 saturated carbocycles. The molecule has 1 saturated heterocycles. The molecule has 4 aromatic rings. The number of rotatable bonds is 9. The standard InChI is InChI=1S/C29H32N4O7S/c1-16-21-24(34)33(28(2,3)26(35)36)27(37)32(25(21)41-22(16)23-31-9-10-39-23)13-20(18-7-5-6-8-19(18)38-4)40-17-11-29(12-17)14-30-15-29/h5-10,17,20,30H,11-15H2,1-4H3,(H,35,36). The zero-order valence-electron chi connectivity index (χ0n) is 23.3. The number of carboxylic acids is 1. The molecular weight excluding hydrogens is 548 g/mol. The van der Waals surface area contributed by atoms with E-state index in [1.807, 2.05) is 24.3 Å². The van der Waals surface area contributed by atoms with Crippen molar-refractivity contribution in [3.05, 3.63) is 68.7 Å². The first-order valence-corrected chi connectivity index (χ1v) is 14.3. The maximum absolute atomic E-state index is 14.1. The lowest BCUT2D eigenvalue weighted by Gasteiger charge is -2.54. The Kier molecular flexibility index (Phi) is 6.67. The summed E-state index contributed by atoms with van der Waals surface area (Å²) < 4.78 is 20.1. The number of methoxy groups -OCH3 is 1. The van der Waals surface area contributed by atoms with Gasteiger partial charge in [0.2, 0.25) is 5.89 Å². The summed E-state index contributed by atoms with van der Waals surface area (Å²) in [5.41, 5.74) is -1.61. The number of oxazole rings is 1. The average molecular weight is 581 g/mol. The third-order valence-corrected chi connectivity index (χ3v) is 9.74. The quantitative estimate of drug-likeness (QED) is 0.305. The lowest BCUT2D eigenvalue weighted by Crippen LogP contribution is -2.62. The minimum absolute atomic E-state index is 0.00692. The van der Waals surface area contributed by atoms with Gasteiger partial charge in [-0.25, -0.2) is 19.1 Å². The molecule has 0 bridgehead atoms. The highest BCUT2D eigenvalue weighted by Crippen LogP contribution is 2.48. The van der Waals surface area contributed by atoms with E-state index in [0.29, 0.717) is 26.9 Å². The van der Waals surface area contributed by atoms with Crippen molar-refractivity contribution < 1.29 is 23.8 Å². The van der Waals surface area contributed by atoms with Crippen molar-refractivity contribution in [3.63, 3.8) is 0 Å². The van der Waals surface area contributed by atoms with E-state index in [4.69, 9.17) is 13.9 Å². The van der Waals surface area contributed by atoms with Gasteiger partial charge in [0.05, 0.1) is 36.2 Å². The molecule has 1 aliphatic carbocycles. The van der Waals surface area contributed by atoms with Gasteiger partial charge in [0.25, 0.3) is 5.56 Å². The number of fused-ring (bicyclic) bond motifs is 1. The Morgan fingerprint density at radius 1 is 1.29 bits per heavy atom. The number of aromatic nitrogens is 3. The molecule has 1 spiro atoms. The molecule has 0 amide bonds. The predicted octanol–water partition coefficient (Wildman–Crippen LogP) is 3.53. The van der Waals surface area contributed by atoms with Crippen LogP contribution in [0.1, 0.15) is 43.9 Å². The van der Waals surface area contributed by atoms with E-state index in [2.05, 4.69) is 10.3 Å². The second kappa shape index (κ2) is 9.97. The first kappa shape index (κ1) is 27.4. The molecule has 1 atom stereocenters. The number of benzene rings is 1. The largest absolute Gasteiger partial charge is 0.496 e. The molecule has 12 heteroatoms. The van der Waals surface area contributed by atoms with E-state index < -0.39 is 28.9 Å². The van der Waals surface area contributed by atoms with Gasteiger partial charge in [-0.15, -0.1) is 11.3 Å². The Balaban J connectivity index is 1.54. The van der Waals surface area contributed by atoms with Gasteiger partial charge >= 0.3 is 11.7 Å². The van der Waals surface area contributed by atoms with E-state index in [1.54, 1.807) is 14.0 Å². The van der Waals surface area contributed by atoms with Crippen molar-refractivity contribution in [2.24, 2.45) is 5.41 Å². The third-order valence-electron chi connectivity index (χ3n) is 8.43. The third kappa shape index (κ3) is 4.41. The summed E-state index contributed by atoms with van der Waals surface area (Å²) in [5.74, 6) is -0.365. The second-order valence-electron chi connectivity index (χ2n) is 11.5. The summed E-state index contributed by atoms with van der Waals surface area (Å²) in [6.45, 7) is 6.43. The minimum atomic E-state index is -1.81. The van der Waals surface area contributed by atoms with Crippen LogP contribution < -0.4 is 21.3 Å². The molecule has 41 heavy (non-hydrogen) atoms. The summed E-state index contributed by atoms with van der Waals surface area (Å²) in [7, 11) is 1.58. The molecule has 4 heterocycles. The van der Waals surface area contributed by atoms with Gasteiger partial charge in [-0.05, 0) is 45.2 Å². The highest BCUT2D eigenvalue weighted by Gasteiger charge is 2.49. The number of carboxylic acid groups (broad SMARTS) is 1. The van der Waals surface area contributed by atoms with Gasteiger partial charge in [0, 0.05) is 24.1 Å². The first-order chi connectivity index (χ1) is 19.6. The number of ether oxygens (including phenoxy) is 2. The van der Waals surface area contributed by atoms with Gasteiger partial charge in [-0.2, -0.15) is 0 Å². The molecule has 2 N–H and O–H groups in total. The SMILES string of the molecule is COc1ccccc1C(Cn1c(=O)n(C(C)(C)C(=O)O)c(=O)c2c(C)c(-c3ncco3)sc21)OC1CC2(CNC2)C1. The maximum atomic E-state index is 14.1. The van der Waals surface area contributed by atoms with Gasteiger partial charge in [-0.1, -0.05) is 18.2 Å². The number of hydrogen-bond donors (Lipinski definition) is 2. The summed E-state index contributed by atoms with van der Waals surface area (Å²) in [4.78, 5) is 45.5. The van der Waals surface area contributed by atoms with E-state index in [1.165, 1.54) is 42.2 Å². The molecule has 0 radical (unpaired) electrons. The van der Waals surface area contributed by atoms with E-state index in [9.17, 15) is 19.5 Å². The molecule has 1 unspecified atom stereocenters. The van der Waals surface area contributed by atoms with Crippen LogP contribution in [0.3, 0.4) is 0 Å². The Labute approximate surface area is 239 Å². The van der Waals surface area contributed by atoms with E-state index in [0.717, 1.165) is 36.1 Å². The maximum Gasteiger partial charge on any atom is 0.333 e. The van der Waals surface area contributed by atoms with Crippen molar-refractivity contribution >= 4 is 27.5 Å². The average Bonchev–Trinajstić information content (AvgIpc) is 3.54. The summed E-state index contributed by atoms with van der Waals surface area (Å²) in [6.07, 6.45) is 4.16. The number of carbonyl (C=O) groups is 1. The normalized spacial score (nSPS) is 17.4. The minimum Gasteiger partial charge on any atom is -0.496 e. The Hall–Kier alpha value is -3.74. The van der Waals surface area contributed by atoms with Crippen LogP contribution in [-0.2, 0) is 21.6 Å². The van der Waals surface area contributed by atoms with E-state index in [-0.39, 0.29) is 23.4 Å². The fraction of sp³-hybridized carbons (Fsp3) is 0.448. The number of aryl methyl sites for hydroxylation is 1. The molecule has 2 fully saturated rings. The van der Waals surface area contributed by atoms with Gasteiger partial charge < -0.3 is 24.3 Å². The van der Waals surface area contributed by atoms with Gasteiger partial charge in [-0.3, -0.25) is 9.36 Å². The summed E-state index contributed by atoms with van der Waals surface area (Å²) in [5, 5.41) is 13.6. The second-order valence-corrected chi connectivity index (χ2v) is 12.5. The number of hydrogen-bond acceptors (Lipinski definition) is 9. The number of aliphatic carboxylic acids is 1. The highest BCUT2D eigenvalue weighted by molar-refractivity contribution is 7.22. The lowest BCUT2D eigenvalue weighted by molar-refractivity contribution is -0.146. The zero-order valence-corrected chi connectivity index (χ0v) is 24.1. The van der Waals surface area contributed by atoms with Crippen LogP contribution in [0.4, 0.5) is 0 Å². The van der Waals surface area contributed by atoms with Crippen LogP contribution in [0.25, 0.3) is 21.0 Å². The fourth-order valence-electron chi connectivity index (χ4n) is 5.95. The summed E-state index contributed by atoms with van der Waals surface area (Å²) in [6, 6.07) is 7.49. The van der Waals surface area contributed by atoms with Gasteiger partial charge in [0.1, 0.15) is 28.5 Å². The smallest absolute Gasteiger partial charge is 0.333 e. The lowest BCUT2D eigenvalue weighted by atomic mass is 9.63. The molecule has 6 rings (SSSR count). The molecular formula is C29H32N4O7S. The van der Waals surface area contributed by atoms with Gasteiger partial charge in [0.15, 0.2) is 0 Å². The van der Waals surface area contributed by atoms with Crippen LogP contribution >= 0.6 is 11.3 Å². The van der Waals surface area contributed by atoms with Crippen LogP contribution in [0.2, 0.25) is 0 Å². The zero-order chi connectivity index (χ0) is 29.1. The van der Waals surface area contributed by atoms with E-state index >= 15 is 0 Å². The van der Waals surface area contributed by atoms with Crippen LogP contribution in [0.15, 0.2) is 50.7 Å². The topological polar surface area (TPSA) is 138 Å². The van der Waals surface area contributed by atoms with Crippen molar-refractivity contribution in [1.82, 2.24) is 19.4 Å². The van der Waals surface area contributed by atoms with Crippen molar-refractivity contribution in [2.45, 2.75) is 57.9 Å². The van der Waals surface area contributed by atoms with Crippen LogP contribution in [0.5, 0.6) is 5.75 Å². The molecule has 11 nitrogen and oxygen atoms in total. The Morgan fingerprint density at radius 3 is 2.63 bits per heavy atom. The number of thiophene rings is 1. The highest BCUT2D eigenvalue weighted by atomic mass is 32.1. The van der Waals surface area contributed by atoms with Crippen molar-refractivity contribution in [1.29, 1.82) is 0 Å². The van der Waals surface area contributed by atoms with Crippen molar-refractivity contribution in [2.75, 3.05) is 20.2 Å². The first-order valence-electron chi connectivity index (χ1n) is 13.5. The molecule has 2 aliphatic rings. The number of nitrogens with zero attached hydrogens (tertiary/aromatic N) is 3. The van der Waals surface area contributed by atoms with Crippen LogP contribution in [0, 0.1) is 12.3 Å².